The van der Waals surface area contributed by atoms with Gasteiger partial charge in [-0.25, -0.2) is 4.79 Å². The number of carbonyl (C=O) groups excluding carboxylic acids is 2. The van der Waals surface area contributed by atoms with Crippen LogP contribution in [0.4, 0.5) is 5.69 Å². The van der Waals surface area contributed by atoms with E-state index in [1.165, 1.54) is 13.1 Å². The first kappa shape index (κ1) is 14.8. The van der Waals surface area contributed by atoms with Crippen molar-refractivity contribution in [3.8, 4) is 5.75 Å². The maximum absolute atomic E-state index is 11.8. The molecule has 0 spiro atoms. The Labute approximate surface area is 111 Å². The number of nitrogens with one attached hydrogen (secondary N) is 1. The number of benzene rings is 1. The molecule has 19 heavy (non-hydrogen) atoms. The number of esters is 1. The zero-order valence-electron chi connectivity index (χ0n) is 11.1. The molecule has 0 aromatic heterocycles. The summed E-state index contributed by atoms with van der Waals surface area (Å²) in [6, 6.07) is 4.69. The molecule has 0 aliphatic rings. The summed E-state index contributed by atoms with van der Waals surface area (Å²) in [5, 5.41) is 2.44. The Morgan fingerprint density at radius 1 is 1.32 bits per heavy atom. The third kappa shape index (κ3) is 4.87. The van der Waals surface area contributed by atoms with Gasteiger partial charge in [-0.3, -0.25) is 4.79 Å². The quantitative estimate of drug-likeness (QED) is 0.591. The van der Waals surface area contributed by atoms with Crippen molar-refractivity contribution in [3.05, 3.63) is 23.8 Å². The number of rotatable bonds is 6. The van der Waals surface area contributed by atoms with Gasteiger partial charge in [0.25, 0.3) is 0 Å². The number of carbonyl (C=O) groups is 2. The molecule has 6 nitrogen and oxygen atoms in total. The minimum absolute atomic E-state index is 0.0251. The Hall–Kier alpha value is -2.24. The second-order valence-electron chi connectivity index (χ2n) is 3.78. The summed E-state index contributed by atoms with van der Waals surface area (Å²) in [6.07, 6.45) is 0.128. The molecule has 1 aromatic rings. The van der Waals surface area contributed by atoms with Crippen molar-refractivity contribution in [2.45, 2.75) is 13.3 Å². The Bertz CT molecular complexity index is 460. The lowest BCUT2D eigenvalue weighted by Gasteiger charge is -2.08. The number of nitrogen functional groups attached to an aromatic ring is 1. The molecule has 0 saturated heterocycles. The highest BCUT2D eigenvalue weighted by atomic mass is 16.5. The van der Waals surface area contributed by atoms with Crippen LogP contribution in [0, 0.1) is 0 Å². The molecule has 0 fully saturated rings. The van der Waals surface area contributed by atoms with Crippen LogP contribution < -0.4 is 15.8 Å². The second-order valence-corrected chi connectivity index (χ2v) is 3.78. The van der Waals surface area contributed by atoms with Crippen molar-refractivity contribution in [1.82, 2.24) is 5.32 Å². The van der Waals surface area contributed by atoms with Gasteiger partial charge in [0.15, 0.2) is 0 Å². The zero-order chi connectivity index (χ0) is 14.3. The van der Waals surface area contributed by atoms with Crippen LogP contribution in [0.5, 0.6) is 5.75 Å². The van der Waals surface area contributed by atoms with Gasteiger partial charge in [-0.15, -0.1) is 0 Å². The van der Waals surface area contributed by atoms with Crippen molar-refractivity contribution in [2.75, 3.05) is 26.0 Å². The summed E-state index contributed by atoms with van der Waals surface area (Å²) < 4.78 is 10.3. The molecule has 0 aliphatic heterocycles. The molecule has 1 rings (SSSR count). The first-order valence-corrected chi connectivity index (χ1v) is 5.98. The number of nitrogens with two attached hydrogens (primary N) is 1. The number of hydrogen-bond acceptors (Lipinski definition) is 5. The van der Waals surface area contributed by atoms with Crippen molar-refractivity contribution in [3.63, 3.8) is 0 Å². The van der Waals surface area contributed by atoms with Gasteiger partial charge < -0.3 is 20.5 Å². The average molecular weight is 266 g/mol. The Balaban J connectivity index is 2.63. The highest BCUT2D eigenvalue weighted by Crippen LogP contribution is 2.19. The van der Waals surface area contributed by atoms with E-state index in [1.807, 2.05) is 6.92 Å². The smallest absolute Gasteiger partial charge is 0.338 e. The van der Waals surface area contributed by atoms with E-state index in [2.05, 4.69) is 5.32 Å². The van der Waals surface area contributed by atoms with Gasteiger partial charge in [-0.05, 0) is 19.1 Å². The Kier molecular flexibility index (Phi) is 5.66. The van der Waals surface area contributed by atoms with Crippen LogP contribution in [0.3, 0.4) is 0 Å². The summed E-state index contributed by atoms with van der Waals surface area (Å²) in [6.45, 7) is 2.34. The van der Waals surface area contributed by atoms with Crippen molar-refractivity contribution >= 4 is 17.6 Å². The van der Waals surface area contributed by atoms with Gasteiger partial charge in [-0.2, -0.15) is 0 Å². The van der Waals surface area contributed by atoms with Crippen LogP contribution in [-0.4, -0.2) is 32.1 Å². The fourth-order valence-corrected chi connectivity index (χ4v) is 1.43. The lowest BCUT2D eigenvalue weighted by Crippen LogP contribution is -2.20. The third-order valence-electron chi connectivity index (χ3n) is 2.32. The topological polar surface area (TPSA) is 90.7 Å². The van der Waals surface area contributed by atoms with Gasteiger partial charge in [-0.1, -0.05) is 0 Å². The summed E-state index contributed by atoms with van der Waals surface area (Å²) >= 11 is 0. The molecule has 1 aromatic carbocycles. The van der Waals surface area contributed by atoms with Crippen LogP contribution in [0.15, 0.2) is 18.2 Å². The summed E-state index contributed by atoms with van der Waals surface area (Å²) in [5.74, 6) is -0.201. The fraction of sp³-hybridized carbons (Fsp3) is 0.385. The minimum atomic E-state index is -0.530. The van der Waals surface area contributed by atoms with E-state index in [0.29, 0.717) is 23.6 Å². The van der Waals surface area contributed by atoms with Crippen LogP contribution in [0.2, 0.25) is 0 Å². The molecule has 0 radical (unpaired) electrons. The third-order valence-corrected chi connectivity index (χ3v) is 2.32. The van der Waals surface area contributed by atoms with E-state index in [0.717, 1.165) is 0 Å². The van der Waals surface area contributed by atoms with E-state index in [4.69, 9.17) is 15.2 Å². The molecule has 6 heteroatoms. The largest absolute Gasteiger partial charge is 0.494 e. The Morgan fingerprint density at radius 3 is 2.68 bits per heavy atom. The first-order valence-electron chi connectivity index (χ1n) is 5.98. The average Bonchev–Trinajstić information content (AvgIpc) is 2.38. The van der Waals surface area contributed by atoms with Gasteiger partial charge in [0, 0.05) is 18.8 Å². The van der Waals surface area contributed by atoms with E-state index >= 15 is 0 Å². The van der Waals surface area contributed by atoms with Gasteiger partial charge in [0.2, 0.25) is 5.91 Å². The molecule has 3 N–H and O–H groups in total. The summed E-state index contributed by atoms with van der Waals surface area (Å²) in [5.41, 5.74) is 6.40. The minimum Gasteiger partial charge on any atom is -0.494 e. The molecule has 0 heterocycles. The SMILES string of the molecule is CCOc1cc(N)cc(C(=O)OCCC(=O)NC)c1. The van der Waals surface area contributed by atoms with Gasteiger partial charge >= 0.3 is 5.97 Å². The molecule has 1 amide bonds. The molecule has 0 saturated carbocycles. The van der Waals surface area contributed by atoms with E-state index in [9.17, 15) is 9.59 Å². The lowest BCUT2D eigenvalue weighted by molar-refractivity contribution is -0.121. The molecule has 0 unspecified atom stereocenters. The highest BCUT2D eigenvalue weighted by Gasteiger charge is 2.10. The lowest BCUT2D eigenvalue weighted by atomic mass is 10.2. The van der Waals surface area contributed by atoms with Crippen molar-refractivity contribution in [2.24, 2.45) is 0 Å². The van der Waals surface area contributed by atoms with E-state index in [-0.39, 0.29) is 18.9 Å². The Morgan fingerprint density at radius 2 is 2.05 bits per heavy atom. The van der Waals surface area contributed by atoms with Crippen LogP contribution >= 0.6 is 0 Å². The van der Waals surface area contributed by atoms with E-state index in [1.54, 1.807) is 12.1 Å². The highest BCUT2D eigenvalue weighted by molar-refractivity contribution is 5.91. The molecule has 0 atom stereocenters. The second kappa shape index (κ2) is 7.25. The van der Waals surface area contributed by atoms with Gasteiger partial charge in [0.05, 0.1) is 18.6 Å². The maximum Gasteiger partial charge on any atom is 0.338 e. The number of anilines is 1. The molecular formula is C13H18N2O4. The van der Waals surface area contributed by atoms with Crippen molar-refractivity contribution < 1.29 is 19.1 Å². The van der Waals surface area contributed by atoms with Gasteiger partial charge in [0.1, 0.15) is 12.4 Å². The standard InChI is InChI=1S/C13H18N2O4/c1-3-18-11-7-9(6-10(14)8-11)13(17)19-5-4-12(16)15-2/h6-8H,3-5,14H2,1-2H3,(H,15,16). The van der Waals surface area contributed by atoms with Crippen LogP contribution in [-0.2, 0) is 9.53 Å². The molecule has 104 valence electrons. The fourth-order valence-electron chi connectivity index (χ4n) is 1.43. The zero-order valence-corrected chi connectivity index (χ0v) is 11.1. The van der Waals surface area contributed by atoms with Crippen molar-refractivity contribution in [1.29, 1.82) is 0 Å². The monoisotopic (exact) mass is 266 g/mol. The predicted octanol–water partition coefficient (Wildman–Crippen LogP) is 0.960. The number of amides is 1. The molecule has 0 aliphatic carbocycles. The van der Waals surface area contributed by atoms with Crippen LogP contribution in [0.1, 0.15) is 23.7 Å². The maximum atomic E-state index is 11.8. The van der Waals surface area contributed by atoms with E-state index < -0.39 is 5.97 Å². The number of ether oxygens (including phenoxy) is 2. The first-order chi connectivity index (χ1) is 9.06. The number of hydrogen-bond donors (Lipinski definition) is 2. The molecule has 0 bridgehead atoms. The van der Waals surface area contributed by atoms with Crippen LogP contribution in [0.25, 0.3) is 0 Å². The summed E-state index contributed by atoms with van der Waals surface area (Å²) in [4.78, 5) is 22.7. The normalized spacial score (nSPS) is 9.79. The summed E-state index contributed by atoms with van der Waals surface area (Å²) in [7, 11) is 1.52. The predicted molar refractivity (Wildman–Crippen MR) is 71.0 cm³/mol. The molecular weight excluding hydrogens is 248 g/mol.